The third-order valence-corrected chi connectivity index (χ3v) is 5.57. The van der Waals surface area contributed by atoms with Crippen molar-refractivity contribution in [3.8, 4) is 0 Å². The zero-order valence-electron chi connectivity index (χ0n) is 14.4. The summed E-state index contributed by atoms with van der Waals surface area (Å²) in [5.74, 6) is 2.48. The summed E-state index contributed by atoms with van der Waals surface area (Å²) in [6, 6.07) is 6.02. The van der Waals surface area contributed by atoms with E-state index in [9.17, 15) is 0 Å². The first-order valence-corrected chi connectivity index (χ1v) is 9.30. The maximum Gasteiger partial charge on any atom is 0.141 e. The van der Waals surface area contributed by atoms with E-state index in [4.69, 9.17) is 16.6 Å². The number of rotatable bonds is 5. The number of benzene rings is 1. The number of nitrogens with zero attached hydrogens (tertiary/aromatic N) is 4. The SMILES string of the molecule is Cn1c(CNC(c2ncn[nH]2)C2CCCCC2)nc2cccc(Cl)c21. The molecule has 3 aromatic rings. The summed E-state index contributed by atoms with van der Waals surface area (Å²) in [4.78, 5) is 9.15. The molecule has 1 saturated carbocycles. The highest BCUT2D eigenvalue weighted by molar-refractivity contribution is 6.35. The van der Waals surface area contributed by atoms with Gasteiger partial charge in [0.1, 0.15) is 18.0 Å². The molecule has 7 heteroatoms. The minimum absolute atomic E-state index is 0.179. The lowest BCUT2D eigenvalue weighted by Gasteiger charge is -2.29. The van der Waals surface area contributed by atoms with E-state index < -0.39 is 0 Å². The van der Waals surface area contributed by atoms with E-state index in [1.54, 1.807) is 6.33 Å². The van der Waals surface area contributed by atoms with Crippen LogP contribution in [-0.4, -0.2) is 24.7 Å². The summed E-state index contributed by atoms with van der Waals surface area (Å²) in [6.45, 7) is 0.670. The van der Waals surface area contributed by atoms with Crippen molar-refractivity contribution in [1.29, 1.82) is 0 Å². The van der Waals surface area contributed by atoms with Gasteiger partial charge in [0.15, 0.2) is 0 Å². The number of aromatic amines is 1. The maximum atomic E-state index is 6.34. The number of fused-ring (bicyclic) bond motifs is 1. The Kier molecular flexibility index (Phi) is 4.72. The third-order valence-electron chi connectivity index (χ3n) is 5.27. The Bertz CT molecular complexity index is 835. The molecule has 2 aromatic heterocycles. The summed E-state index contributed by atoms with van der Waals surface area (Å²) in [6.07, 6.45) is 7.96. The summed E-state index contributed by atoms with van der Waals surface area (Å²) in [7, 11) is 2.02. The summed E-state index contributed by atoms with van der Waals surface area (Å²) >= 11 is 6.34. The first-order valence-electron chi connectivity index (χ1n) is 8.92. The minimum atomic E-state index is 0.179. The smallest absolute Gasteiger partial charge is 0.141 e. The van der Waals surface area contributed by atoms with Crippen LogP contribution in [0.1, 0.15) is 49.8 Å². The fourth-order valence-electron chi connectivity index (χ4n) is 3.95. The van der Waals surface area contributed by atoms with E-state index >= 15 is 0 Å². The van der Waals surface area contributed by atoms with Gasteiger partial charge in [-0.3, -0.25) is 5.10 Å². The average Bonchev–Trinajstić information content (AvgIpc) is 3.26. The zero-order valence-corrected chi connectivity index (χ0v) is 15.1. The molecule has 6 nitrogen and oxygen atoms in total. The molecule has 132 valence electrons. The van der Waals surface area contributed by atoms with E-state index in [0.717, 1.165) is 27.7 Å². The predicted octanol–water partition coefficient (Wildman–Crippen LogP) is 3.76. The lowest BCUT2D eigenvalue weighted by atomic mass is 9.83. The Hall–Kier alpha value is -1.92. The fraction of sp³-hybridized carbons (Fsp3) is 0.500. The number of hydrogen-bond donors (Lipinski definition) is 2. The number of nitrogens with one attached hydrogen (secondary N) is 2. The van der Waals surface area contributed by atoms with Gasteiger partial charge >= 0.3 is 0 Å². The third kappa shape index (κ3) is 3.28. The van der Waals surface area contributed by atoms with Crippen molar-refractivity contribution in [3.05, 3.63) is 41.2 Å². The summed E-state index contributed by atoms with van der Waals surface area (Å²) in [5.41, 5.74) is 1.91. The van der Waals surface area contributed by atoms with Crippen LogP contribution in [0.3, 0.4) is 0 Å². The number of halogens is 1. The van der Waals surface area contributed by atoms with Crippen molar-refractivity contribution in [3.63, 3.8) is 0 Å². The molecular formula is C18H23ClN6. The molecule has 0 aliphatic heterocycles. The first kappa shape index (κ1) is 16.5. The topological polar surface area (TPSA) is 71.4 Å². The van der Waals surface area contributed by atoms with Gasteiger partial charge in [-0.05, 0) is 30.9 Å². The van der Waals surface area contributed by atoms with Crippen LogP contribution < -0.4 is 5.32 Å². The molecule has 1 unspecified atom stereocenters. The molecule has 1 aliphatic carbocycles. The Morgan fingerprint density at radius 2 is 2.16 bits per heavy atom. The highest BCUT2D eigenvalue weighted by Gasteiger charge is 2.27. The Balaban J connectivity index is 1.57. The van der Waals surface area contributed by atoms with E-state index in [2.05, 4.69) is 25.1 Å². The van der Waals surface area contributed by atoms with Crippen LogP contribution in [0.4, 0.5) is 0 Å². The van der Waals surface area contributed by atoms with Crippen LogP contribution >= 0.6 is 11.6 Å². The van der Waals surface area contributed by atoms with Crippen molar-refractivity contribution in [1.82, 2.24) is 30.0 Å². The van der Waals surface area contributed by atoms with Gasteiger partial charge < -0.3 is 9.88 Å². The van der Waals surface area contributed by atoms with Crippen molar-refractivity contribution in [2.45, 2.75) is 44.7 Å². The second-order valence-corrected chi connectivity index (χ2v) is 7.23. The van der Waals surface area contributed by atoms with Gasteiger partial charge in [0.2, 0.25) is 0 Å². The van der Waals surface area contributed by atoms with Crippen molar-refractivity contribution in [2.24, 2.45) is 13.0 Å². The number of hydrogen-bond acceptors (Lipinski definition) is 4. The van der Waals surface area contributed by atoms with Gasteiger partial charge in [-0.15, -0.1) is 0 Å². The van der Waals surface area contributed by atoms with E-state index in [1.165, 1.54) is 32.1 Å². The van der Waals surface area contributed by atoms with E-state index in [0.29, 0.717) is 12.5 Å². The van der Waals surface area contributed by atoms with Gasteiger partial charge in [0.25, 0.3) is 0 Å². The van der Waals surface area contributed by atoms with Gasteiger partial charge in [-0.1, -0.05) is 36.9 Å². The average molecular weight is 359 g/mol. The molecule has 0 spiro atoms. The highest BCUT2D eigenvalue weighted by atomic mass is 35.5. The Morgan fingerprint density at radius 1 is 1.32 bits per heavy atom. The number of imidazole rings is 1. The number of para-hydroxylation sites is 1. The Labute approximate surface area is 152 Å². The fourth-order valence-corrected chi connectivity index (χ4v) is 4.24. The van der Waals surface area contributed by atoms with Crippen molar-refractivity contribution < 1.29 is 0 Å². The highest BCUT2D eigenvalue weighted by Crippen LogP contribution is 2.33. The zero-order chi connectivity index (χ0) is 17.2. The van der Waals surface area contributed by atoms with Crippen LogP contribution in [0.25, 0.3) is 11.0 Å². The van der Waals surface area contributed by atoms with Crippen molar-refractivity contribution >= 4 is 22.6 Å². The van der Waals surface area contributed by atoms with Crippen LogP contribution in [-0.2, 0) is 13.6 Å². The first-order chi connectivity index (χ1) is 12.2. The summed E-state index contributed by atoms with van der Waals surface area (Å²) < 4.78 is 2.07. The lowest BCUT2D eigenvalue weighted by molar-refractivity contribution is 0.260. The molecular weight excluding hydrogens is 336 g/mol. The molecule has 2 heterocycles. The van der Waals surface area contributed by atoms with Crippen LogP contribution in [0, 0.1) is 5.92 Å². The molecule has 25 heavy (non-hydrogen) atoms. The quantitative estimate of drug-likeness (QED) is 0.728. The van der Waals surface area contributed by atoms with Crippen LogP contribution in [0.15, 0.2) is 24.5 Å². The molecule has 4 rings (SSSR count). The van der Waals surface area contributed by atoms with E-state index in [1.807, 2.05) is 25.2 Å². The minimum Gasteiger partial charge on any atom is -0.329 e. The van der Waals surface area contributed by atoms with Gasteiger partial charge in [0, 0.05) is 7.05 Å². The standard InChI is InChI=1S/C18H23ClN6/c1-25-15(23-14-9-5-8-13(19)17(14)25)10-20-16(18-21-11-22-24-18)12-6-3-2-4-7-12/h5,8-9,11-12,16,20H,2-4,6-7,10H2,1H3,(H,21,22,24). The molecule has 1 aromatic carbocycles. The molecule has 0 radical (unpaired) electrons. The molecule has 0 saturated heterocycles. The largest absolute Gasteiger partial charge is 0.329 e. The number of aromatic nitrogens is 5. The van der Waals surface area contributed by atoms with Gasteiger partial charge in [0.05, 0.1) is 28.6 Å². The number of aryl methyl sites for hydroxylation is 1. The summed E-state index contributed by atoms with van der Waals surface area (Å²) in [5, 5.41) is 11.5. The second kappa shape index (κ2) is 7.14. The molecule has 1 fully saturated rings. The van der Waals surface area contributed by atoms with Crippen molar-refractivity contribution in [2.75, 3.05) is 0 Å². The monoisotopic (exact) mass is 358 g/mol. The predicted molar refractivity (Wildman–Crippen MR) is 98.3 cm³/mol. The molecule has 0 bridgehead atoms. The van der Waals surface area contributed by atoms with Gasteiger partial charge in [-0.2, -0.15) is 5.10 Å². The molecule has 1 atom stereocenters. The van der Waals surface area contributed by atoms with Crippen LogP contribution in [0.5, 0.6) is 0 Å². The number of H-pyrrole nitrogens is 1. The molecule has 2 N–H and O–H groups in total. The second-order valence-electron chi connectivity index (χ2n) is 6.82. The lowest BCUT2D eigenvalue weighted by Crippen LogP contribution is -2.31. The van der Waals surface area contributed by atoms with E-state index in [-0.39, 0.29) is 6.04 Å². The molecule has 1 aliphatic rings. The van der Waals surface area contributed by atoms with Crippen LogP contribution in [0.2, 0.25) is 5.02 Å². The maximum absolute atomic E-state index is 6.34. The normalized spacial score (nSPS) is 17.2. The van der Waals surface area contributed by atoms with Gasteiger partial charge in [-0.25, -0.2) is 9.97 Å². The molecule has 0 amide bonds. The Morgan fingerprint density at radius 3 is 2.88 bits per heavy atom.